The molecule has 1 N–H and O–H groups in total. The largest absolute Gasteiger partial charge is 0.444 e. The number of hydrogen-bond acceptors (Lipinski definition) is 3. The van der Waals surface area contributed by atoms with Crippen LogP contribution in [0.25, 0.3) is 0 Å². The van der Waals surface area contributed by atoms with E-state index >= 15 is 0 Å². The van der Waals surface area contributed by atoms with E-state index in [2.05, 4.69) is 5.92 Å². The lowest BCUT2D eigenvalue weighted by Gasteiger charge is -2.13. The molecule has 3 unspecified atom stereocenters. The highest BCUT2D eigenvalue weighted by atomic mass is 35.5. The number of carbonyl (C=O) groups excluding carboxylic acids is 1. The second kappa shape index (κ2) is 7.35. The Morgan fingerprint density at radius 3 is 2.62 bits per heavy atom. The number of allylic oxidation sites excluding steroid dienone is 1. The van der Waals surface area contributed by atoms with Crippen molar-refractivity contribution in [2.45, 2.75) is 33.3 Å². The molecule has 1 saturated carbocycles. The first kappa shape index (κ1) is 18.1. The summed E-state index contributed by atoms with van der Waals surface area (Å²) < 4.78 is 5.54. The van der Waals surface area contributed by atoms with Crippen LogP contribution < -0.4 is 0 Å². The lowest BCUT2D eigenvalue weighted by molar-refractivity contribution is -0.147. The van der Waals surface area contributed by atoms with Crippen molar-refractivity contribution < 1.29 is 14.6 Å². The number of rotatable bonds is 6. The van der Waals surface area contributed by atoms with Gasteiger partial charge in [0.15, 0.2) is 6.10 Å². The van der Waals surface area contributed by atoms with E-state index in [1.54, 1.807) is 19.1 Å². The van der Waals surface area contributed by atoms with Gasteiger partial charge >= 0.3 is 5.97 Å². The molecule has 21 heavy (non-hydrogen) atoms. The number of halogens is 2. The van der Waals surface area contributed by atoms with Gasteiger partial charge in [-0.1, -0.05) is 49.0 Å². The first-order chi connectivity index (χ1) is 9.75. The Hall–Kier alpha value is -0.950. The number of esters is 1. The van der Waals surface area contributed by atoms with E-state index in [4.69, 9.17) is 39.5 Å². The standard InChI is InChI=1S/C16H20Cl2O3/c1-5-12(10(2)7-6-8-19)21-15(20)14-11(9-13(17)18)16(14,3)4/h1,7,9,11-12,14,19H,6,8H2,2-4H3/b10-7+. The van der Waals surface area contributed by atoms with Gasteiger partial charge in [-0.2, -0.15) is 0 Å². The molecule has 0 heterocycles. The maximum Gasteiger partial charge on any atom is 0.311 e. The molecule has 116 valence electrons. The van der Waals surface area contributed by atoms with Crippen LogP contribution in [0.4, 0.5) is 0 Å². The normalized spacial score (nSPS) is 24.7. The van der Waals surface area contributed by atoms with Crippen molar-refractivity contribution in [3.63, 3.8) is 0 Å². The molecule has 1 aliphatic carbocycles. The lowest BCUT2D eigenvalue weighted by atomic mass is 10.1. The molecule has 1 rings (SSSR count). The number of aliphatic hydroxyl groups excluding tert-OH is 1. The summed E-state index contributed by atoms with van der Waals surface area (Å²) in [4.78, 5) is 12.3. The van der Waals surface area contributed by atoms with Crippen molar-refractivity contribution in [3.8, 4) is 12.3 Å². The Morgan fingerprint density at radius 1 is 1.52 bits per heavy atom. The van der Waals surface area contributed by atoms with Crippen LogP contribution in [0.3, 0.4) is 0 Å². The third-order valence-electron chi connectivity index (χ3n) is 3.86. The number of aliphatic hydroxyl groups is 1. The molecular weight excluding hydrogens is 311 g/mol. The molecule has 0 bridgehead atoms. The first-order valence-electron chi connectivity index (χ1n) is 6.72. The molecule has 0 aromatic carbocycles. The fourth-order valence-corrected chi connectivity index (χ4v) is 2.69. The molecule has 3 atom stereocenters. The van der Waals surface area contributed by atoms with Gasteiger partial charge in [0.25, 0.3) is 0 Å². The quantitative estimate of drug-likeness (QED) is 0.461. The van der Waals surface area contributed by atoms with Gasteiger partial charge < -0.3 is 9.84 Å². The molecule has 0 aromatic rings. The van der Waals surface area contributed by atoms with E-state index in [1.807, 2.05) is 13.8 Å². The minimum atomic E-state index is -0.712. The summed E-state index contributed by atoms with van der Waals surface area (Å²) in [7, 11) is 0. The first-order valence-corrected chi connectivity index (χ1v) is 7.48. The van der Waals surface area contributed by atoms with Gasteiger partial charge in [-0.15, -0.1) is 6.42 Å². The van der Waals surface area contributed by atoms with Crippen LogP contribution in [-0.2, 0) is 9.53 Å². The van der Waals surface area contributed by atoms with E-state index in [0.29, 0.717) is 6.42 Å². The van der Waals surface area contributed by atoms with Crippen LogP contribution in [0.15, 0.2) is 22.2 Å². The van der Waals surface area contributed by atoms with Gasteiger partial charge in [0.1, 0.15) is 4.49 Å². The number of terminal acetylenes is 1. The van der Waals surface area contributed by atoms with Gasteiger partial charge in [0.2, 0.25) is 0 Å². The Balaban J connectivity index is 2.73. The van der Waals surface area contributed by atoms with Crippen molar-refractivity contribution in [2.24, 2.45) is 17.3 Å². The molecule has 3 nitrogen and oxygen atoms in total. The van der Waals surface area contributed by atoms with Crippen molar-refractivity contribution in [1.29, 1.82) is 0 Å². The number of carbonyl (C=O) groups is 1. The third-order valence-corrected chi connectivity index (χ3v) is 4.12. The topological polar surface area (TPSA) is 46.5 Å². The smallest absolute Gasteiger partial charge is 0.311 e. The van der Waals surface area contributed by atoms with Gasteiger partial charge in [-0.25, -0.2) is 0 Å². The predicted molar refractivity (Wildman–Crippen MR) is 84.7 cm³/mol. The van der Waals surface area contributed by atoms with E-state index in [9.17, 15) is 4.79 Å². The molecule has 1 fully saturated rings. The fourth-order valence-electron chi connectivity index (χ4n) is 2.42. The Bertz CT molecular complexity index is 496. The summed E-state index contributed by atoms with van der Waals surface area (Å²) in [5, 5.41) is 8.80. The van der Waals surface area contributed by atoms with Crippen LogP contribution in [-0.4, -0.2) is 23.8 Å². The van der Waals surface area contributed by atoms with E-state index < -0.39 is 6.10 Å². The molecule has 1 aliphatic rings. The molecule has 0 aromatic heterocycles. The molecule has 0 amide bonds. The molecule has 0 spiro atoms. The average Bonchev–Trinajstić information content (AvgIpc) is 2.93. The van der Waals surface area contributed by atoms with Crippen LogP contribution >= 0.6 is 23.2 Å². The van der Waals surface area contributed by atoms with Gasteiger partial charge in [0.05, 0.1) is 5.92 Å². The zero-order valence-corrected chi connectivity index (χ0v) is 13.9. The zero-order chi connectivity index (χ0) is 16.2. The number of ether oxygens (including phenoxy) is 1. The van der Waals surface area contributed by atoms with Crippen molar-refractivity contribution in [3.05, 3.63) is 22.2 Å². The van der Waals surface area contributed by atoms with Gasteiger partial charge in [-0.05, 0) is 36.3 Å². The summed E-state index contributed by atoms with van der Waals surface area (Å²) in [5.41, 5.74) is 0.495. The monoisotopic (exact) mass is 330 g/mol. The second-order valence-electron chi connectivity index (χ2n) is 5.73. The molecule has 0 aliphatic heterocycles. The predicted octanol–water partition coefficient (Wildman–Crippen LogP) is 3.45. The third kappa shape index (κ3) is 4.51. The molecular formula is C16H20Cl2O3. The van der Waals surface area contributed by atoms with Crippen LogP contribution in [0, 0.1) is 29.6 Å². The van der Waals surface area contributed by atoms with Crippen molar-refractivity contribution in [1.82, 2.24) is 0 Å². The summed E-state index contributed by atoms with van der Waals surface area (Å²) in [5.74, 6) is 1.75. The van der Waals surface area contributed by atoms with Crippen molar-refractivity contribution in [2.75, 3.05) is 6.61 Å². The maximum absolute atomic E-state index is 12.3. The zero-order valence-electron chi connectivity index (χ0n) is 12.4. The van der Waals surface area contributed by atoms with Gasteiger partial charge in [-0.3, -0.25) is 4.79 Å². The van der Waals surface area contributed by atoms with Crippen LogP contribution in [0.2, 0.25) is 0 Å². The van der Waals surface area contributed by atoms with Gasteiger partial charge in [0, 0.05) is 6.61 Å². The fraction of sp³-hybridized carbons (Fsp3) is 0.562. The van der Waals surface area contributed by atoms with E-state index in [1.165, 1.54) is 0 Å². The molecule has 0 saturated heterocycles. The van der Waals surface area contributed by atoms with Crippen LogP contribution in [0.1, 0.15) is 27.2 Å². The lowest BCUT2D eigenvalue weighted by Crippen LogP contribution is -2.20. The summed E-state index contributed by atoms with van der Waals surface area (Å²) in [6, 6.07) is 0. The maximum atomic E-state index is 12.3. The Kier molecular flexibility index (Phi) is 6.34. The summed E-state index contributed by atoms with van der Waals surface area (Å²) in [6.45, 7) is 5.71. The summed E-state index contributed by atoms with van der Waals surface area (Å²) in [6.07, 6.45) is 8.60. The highest BCUT2D eigenvalue weighted by Crippen LogP contribution is 2.60. The minimum absolute atomic E-state index is 0.0271. The van der Waals surface area contributed by atoms with E-state index in [-0.39, 0.29) is 34.3 Å². The highest BCUT2D eigenvalue weighted by Gasteiger charge is 2.61. The Morgan fingerprint density at radius 2 is 2.14 bits per heavy atom. The van der Waals surface area contributed by atoms with E-state index in [0.717, 1.165) is 5.57 Å². The highest BCUT2D eigenvalue weighted by molar-refractivity contribution is 6.55. The average molecular weight is 331 g/mol. The van der Waals surface area contributed by atoms with Crippen molar-refractivity contribution >= 4 is 29.2 Å². The second-order valence-corrected chi connectivity index (χ2v) is 6.73. The SMILES string of the molecule is C#CC(OC(=O)C1C(C=C(Cl)Cl)C1(C)C)/C(C)=C/CCO. The van der Waals surface area contributed by atoms with Crippen LogP contribution in [0.5, 0.6) is 0 Å². The molecule has 0 radical (unpaired) electrons. The number of hydrogen-bond donors (Lipinski definition) is 1. The Labute approximate surface area is 136 Å². The molecule has 5 heteroatoms. The summed E-state index contributed by atoms with van der Waals surface area (Å²) >= 11 is 11.3. The minimum Gasteiger partial charge on any atom is -0.444 e.